The fraction of sp³-hybridized carbons (Fsp3) is 0.176. The Hall–Kier alpha value is -2.06. The molecule has 0 fully saturated rings. The topological polar surface area (TPSA) is 25.2 Å². The van der Waals surface area contributed by atoms with Crippen molar-refractivity contribution in [2.24, 2.45) is 0 Å². The largest absolute Gasteiger partial charge is 0.460 e. The molecule has 1 heterocycles. The monoisotopic (exact) mass is 251 g/mol. The smallest absolute Gasteiger partial charge is 0.134 e. The van der Waals surface area contributed by atoms with E-state index in [2.05, 4.69) is 48.6 Å². The number of furan rings is 1. The molecule has 3 aromatic rings. The summed E-state index contributed by atoms with van der Waals surface area (Å²) in [6, 6.07) is 18.8. The predicted octanol–water partition coefficient (Wildman–Crippen LogP) is 4.03. The van der Waals surface area contributed by atoms with Crippen molar-refractivity contribution in [2.75, 3.05) is 0 Å². The third-order valence-corrected chi connectivity index (χ3v) is 3.23. The highest BCUT2D eigenvalue weighted by Gasteiger charge is 2.02. The molecule has 1 aromatic heterocycles. The number of hydrogen-bond donors (Lipinski definition) is 1. The van der Waals surface area contributed by atoms with Crippen molar-refractivity contribution in [3.63, 3.8) is 0 Å². The van der Waals surface area contributed by atoms with Crippen molar-refractivity contribution in [3.8, 4) is 0 Å². The Kier molecular flexibility index (Phi) is 3.34. The van der Waals surface area contributed by atoms with Crippen LogP contribution in [0.5, 0.6) is 0 Å². The summed E-state index contributed by atoms with van der Waals surface area (Å²) in [6.07, 6.45) is 0. The summed E-state index contributed by atoms with van der Waals surface area (Å²) in [5.41, 5.74) is 3.54. The second-order valence-electron chi connectivity index (χ2n) is 4.84. The molecule has 0 atom stereocenters. The Morgan fingerprint density at radius 3 is 2.53 bits per heavy atom. The molecule has 0 saturated heterocycles. The summed E-state index contributed by atoms with van der Waals surface area (Å²) in [6.45, 7) is 3.71. The van der Waals surface area contributed by atoms with E-state index in [1.165, 1.54) is 11.1 Å². The molecule has 0 aliphatic rings. The molecule has 3 rings (SSSR count). The fourth-order valence-electron chi connectivity index (χ4n) is 2.16. The minimum atomic E-state index is 0.753. The lowest BCUT2D eigenvalue weighted by atomic mass is 10.1. The van der Waals surface area contributed by atoms with Gasteiger partial charge in [0.1, 0.15) is 11.3 Å². The van der Waals surface area contributed by atoms with E-state index in [9.17, 15) is 0 Å². The number of nitrogens with one attached hydrogen (secondary N) is 1. The summed E-state index contributed by atoms with van der Waals surface area (Å²) in [5, 5.41) is 4.57. The van der Waals surface area contributed by atoms with Crippen LogP contribution in [0.3, 0.4) is 0 Å². The minimum Gasteiger partial charge on any atom is -0.460 e. The molecule has 2 nitrogen and oxygen atoms in total. The standard InChI is InChI=1S/C17H17NO/c1-13-6-8-14(9-7-13)11-18-12-16-10-15-4-2-3-5-17(15)19-16/h2-10,18H,11-12H2,1H3. The van der Waals surface area contributed by atoms with Gasteiger partial charge in [-0.2, -0.15) is 0 Å². The van der Waals surface area contributed by atoms with Crippen LogP contribution in [0.4, 0.5) is 0 Å². The van der Waals surface area contributed by atoms with Gasteiger partial charge in [0.2, 0.25) is 0 Å². The molecular weight excluding hydrogens is 234 g/mol. The fourth-order valence-corrected chi connectivity index (χ4v) is 2.16. The molecule has 96 valence electrons. The average Bonchev–Trinajstić information content (AvgIpc) is 2.83. The van der Waals surface area contributed by atoms with Crippen LogP contribution in [0, 0.1) is 6.92 Å². The van der Waals surface area contributed by atoms with E-state index in [0.717, 1.165) is 29.8 Å². The molecular formula is C17H17NO. The highest BCUT2D eigenvalue weighted by atomic mass is 16.3. The van der Waals surface area contributed by atoms with E-state index in [4.69, 9.17) is 4.42 Å². The minimum absolute atomic E-state index is 0.753. The van der Waals surface area contributed by atoms with Crippen LogP contribution < -0.4 is 5.32 Å². The normalized spacial score (nSPS) is 11.0. The highest BCUT2D eigenvalue weighted by Crippen LogP contribution is 2.18. The Labute approximate surface area is 113 Å². The number of aryl methyl sites for hydroxylation is 1. The lowest BCUT2D eigenvalue weighted by molar-refractivity contribution is 0.514. The van der Waals surface area contributed by atoms with E-state index in [1.54, 1.807) is 0 Å². The third kappa shape index (κ3) is 2.85. The molecule has 2 aromatic carbocycles. The molecule has 0 bridgehead atoms. The number of hydrogen-bond acceptors (Lipinski definition) is 2. The van der Waals surface area contributed by atoms with Crippen LogP contribution in [-0.2, 0) is 13.1 Å². The molecule has 0 aliphatic heterocycles. The van der Waals surface area contributed by atoms with Gasteiger partial charge in [0.25, 0.3) is 0 Å². The van der Waals surface area contributed by atoms with Crippen molar-refractivity contribution in [3.05, 3.63) is 71.5 Å². The van der Waals surface area contributed by atoms with Gasteiger partial charge < -0.3 is 9.73 Å². The second-order valence-corrected chi connectivity index (χ2v) is 4.84. The van der Waals surface area contributed by atoms with Gasteiger partial charge in [0.05, 0.1) is 6.54 Å². The van der Waals surface area contributed by atoms with Crippen LogP contribution in [0.1, 0.15) is 16.9 Å². The lowest BCUT2D eigenvalue weighted by Crippen LogP contribution is -2.11. The van der Waals surface area contributed by atoms with Gasteiger partial charge in [0, 0.05) is 11.9 Å². The number of benzene rings is 2. The average molecular weight is 251 g/mol. The maximum absolute atomic E-state index is 5.76. The summed E-state index contributed by atoms with van der Waals surface area (Å²) in [7, 11) is 0. The van der Waals surface area contributed by atoms with Crippen LogP contribution in [0.25, 0.3) is 11.0 Å². The zero-order valence-corrected chi connectivity index (χ0v) is 11.0. The van der Waals surface area contributed by atoms with E-state index in [0.29, 0.717) is 0 Å². The van der Waals surface area contributed by atoms with Gasteiger partial charge >= 0.3 is 0 Å². The maximum Gasteiger partial charge on any atom is 0.134 e. The van der Waals surface area contributed by atoms with Crippen molar-refractivity contribution < 1.29 is 4.42 Å². The molecule has 0 radical (unpaired) electrons. The highest BCUT2D eigenvalue weighted by molar-refractivity contribution is 5.77. The molecule has 0 spiro atoms. The van der Waals surface area contributed by atoms with E-state index < -0.39 is 0 Å². The summed E-state index contributed by atoms with van der Waals surface area (Å²) in [4.78, 5) is 0. The quantitative estimate of drug-likeness (QED) is 0.757. The van der Waals surface area contributed by atoms with Gasteiger partial charge in [-0.05, 0) is 24.6 Å². The predicted molar refractivity (Wildman–Crippen MR) is 77.9 cm³/mol. The van der Waals surface area contributed by atoms with Crippen LogP contribution in [0.15, 0.2) is 59.0 Å². The van der Waals surface area contributed by atoms with E-state index in [1.807, 2.05) is 18.2 Å². The third-order valence-electron chi connectivity index (χ3n) is 3.23. The molecule has 0 amide bonds. The number of para-hydroxylation sites is 1. The van der Waals surface area contributed by atoms with Gasteiger partial charge in [-0.3, -0.25) is 0 Å². The van der Waals surface area contributed by atoms with Gasteiger partial charge in [-0.1, -0.05) is 48.0 Å². The zero-order chi connectivity index (χ0) is 13.1. The Morgan fingerprint density at radius 2 is 1.74 bits per heavy atom. The van der Waals surface area contributed by atoms with E-state index in [-0.39, 0.29) is 0 Å². The second kappa shape index (κ2) is 5.29. The molecule has 19 heavy (non-hydrogen) atoms. The summed E-state index contributed by atoms with van der Waals surface area (Å²) < 4.78 is 5.76. The van der Waals surface area contributed by atoms with Crippen molar-refractivity contribution in [1.82, 2.24) is 5.32 Å². The summed E-state index contributed by atoms with van der Waals surface area (Å²) in [5.74, 6) is 0.980. The number of fused-ring (bicyclic) bond motifs is 1. The summed E-state index contributed by atoms with van der Waals surface area (Å²) >= 11 is 0. The Balaban J connectivity index is 1.61. The molecule has 2 heteroatoms. The van der Waals surface area contributed by atoms with Gasteiger partial charge in [-0.25, -0.2) is 0 Å². The van der Waals surface area contributed by atoms with Crippen LogP contribution >= 0.6 is 0 Å². The number of rotatable bonds is 4. The molecule has 0 saturated carbocycles. The van der Waals surface area contributed by atoms with Gasteiger partial charge in [-0.15, -0.1) is 0 Å². The first-order valence-electron chi connectivity index (χ1n) is 6.55. The van der Waals surface area contributed by atoms with Crippen molar-refractivity contribution >= 4 is 11.0 Å². The van der Waals surface area contributed by atoms with Crippen LogP contribution in [0.2, 0.25) is 0 Å². The molecule has 0 unspecified atom stereocenters. The van der Waals surface area contributed by atoms with Gasteiger partial charge in [0.15, 0.2) is 0 Å². The molecule has 0 aliphatic carbocycles. The Bertz CT molecular complexity index is 634. The first-order chi connectivity index (χ1) is 9.31. The first kappa shape index (κ1) is 12.0. The SMILES string of the molecule is Cc1ccc(CNCc2cc3ccccc3o2)cc1. The lowest BCUT2D eigenvalue weighted by Gasteiger charge is -2.03. The molecule has 1 N–H and O–H groups in total. The maximum atomic E-state index is 5.76. The Morgan fingerprint density at radius 1 is 0.947 bits per heavy atom. The first-order valence-corrected chi connectivity index (χ1v) is 6.55. The van der Waals surface area contributed by atoms with Crippen LogP contribution in [-0.4, -0.2) is 0 Å². The zero-order valence-electron chi connectivity index (χ0n) is 11.0. The van der Waals surface area contributed by atoms with Crippen molar-refractivity contribution in [2.45, 2.75) is 20.0 Å². The van der Waals surface area contributed by atoms with E-state index >= 15 is 0 Å². The van der Waals surface area contributed by atoms with Crippen molar-refractivity contribution in [1.29, 1.82) is 0 Å².